The number of esters is 1. The molecule has 0 N–H and O–H groups in total. The predicted octanol–water partition coefficient (Wildman–Crippen LogP) is 3.64. The van der Waals surface area contributed by atoms with Crippen LogP contribution in [0.5, 0.6) is 0 Å². The van der Waals surface area contributed by atoms with Gasteiger partial charge in [0.15, 0.2) is 11.9 Å². The van der Waals surface area contributed by atoms with Gasteiger partial charge in [-0.1, -0.05) is 13.8 Å². The summed E-state index contributed by atoms with van der Waals surface area (Å²) < 4.78 is 23.3. The lowest BCUT2D eigenvalue weighted by atomic mass is 9.58. The second kappa shape index (κ2) is 6.04. The van der Waals surface area contributed by atoms with Crippen molar-refractivity contribution in [3.05, 3.63) is 24.2 Å². The first kappa shape index (κ1) is 17.7. The molecule has 5 heterocycles. The van der Waals surface area contributed by atoms with Gasteiger partial charge in [-0.25, -0.2) is 14.6 Å². The first-order valence-corrected chi connectivity index (χ1v) is 9.87. The van der Waals surface area contributed by atoms with Gasteiger partial charge in [-0.3, -0.25) is 0 Å². The minimum atomic E-state index is -0.840. The monoisotopic (exact) mass is 378 g/mol. The van der Waals surface area contributed by atoms with Crippen LogP contribution in [0.4, 0.5) is 0 Å². The highest BCUT2D eigenvalue weighted by Gasteiger charge is 2.69. The minimum absolute atomic E-state index is 0.0511. The normalized spacial score (nSPS) is 48.6. The molecule has 148 valence electrons. The summed E-state index contributed by atoms with van der Waals surface area (Å²) in [5.74, 6) is -0.358. The van der Waals surface area contributed by atoms with Crippen LogP contribution in [0.1, 0.15) is 57.0 Å². The fraction of sp³-hybridized carbons (Fsp3) is 0.750. The molecule has 1 spiro atoms. The third kappa shape index (κ3) is 2.52. The molecule has 1 saturated carbocycles. The molecule has 5 fully saturated rings. The van der Waals surface area contributed by atoms with Crippen molar-refractivity contribution >= 4 is 5.97 Å². The molecule has 4 aliphatic heterocycles. The number of hydrogen-bond donors (Lipinski definition) is 0. The van der Waals surface area contributed by atoms with Crippen molar-refractivity contribution in [1.29, 1.82) is 0 Å². The molecule has 1 aromatic rings. The highest BCUT2D eigenvalue weighted by molar-refractivity contribution is 5.86. The SMILES string of the molecule is C[C@H]1[C@H](OC(=O)c2ccco2)O[C@@H]2O[C@@]3(C)CC[C@@H]4[C@H](C)CC[C@H]1[C@@]24OO3. The number of carbonyl (C=O) groups is 1. The van der Waals surface area contributed by atoms with Gasteiger partial charge in [0.05, 0.1) is 6.26 Å². The molecule has 4 saturated heterocycles. The standard InChI is InChI=1S/C20H26O7/c1-11-6-7-14-12(2)17(23-16(21)15-5-4-10-22-15)24-18-20(14)13(11)8-9-19(3,25-18)26-27-20/h4-5,10-14,17-18H,6-9H2,1-3H3/t11-,12-,13-,14-,17-,18-,19-,20-/m1/s1. The summed E-state index contributed by atoms with van der Waals surface area (Å²) in [5, 5.41) is 0. The number of hydrogen-bond acceptors (Lipinski definition) is 7. The summed E-state index contributed by atoms with van der Waals surface area (Å²) >= 11 is 0. The third-order valence-electron chi connectivity index (χ3n) is 7.04. The number of fused-ring (bicyclic) bond motifs is 2. The Morgan fingerprint density at radius 2 is 2.04 bits per heavy atom. The topological polar surface area (TPSA) is 76.4 Å². The van der Waals surface area contributed by atoms with Gasteiger partial charge in [0.25, 0.3) is 0 Å². The molecule has 1 aliphatic carbocycles. The van der Waals surface area contributed by atoms with Crippen LogP contribution < -0.4 is 0 Å². The molecule has 0 unspecified atom stereocenters. The van der Waals surface area contributed by atoms with Gasteiger partial charge >= 0.3 is 5.97 Å². The first-order valence-electron chi connectivity index (χ1n) is 9.87. The van der Waals surface area contributed by atoms with E-state index in [-0.39, 0.29) is 23.5 Å². The summed E-state index contributed by atoms with van der Waals surface area (Å²) in [6.45, 7) is 6.19. The molecule has 0 radical (unpaired) electrons. The second-order valence-electron chi connectivity index (χ2n) is 8.66. The van der Waals surface area contributed by atoms with Gasteiger partial charge in [-0.05, 0) is 50.2 Å². The Labute approximate surface area is 158 Å². The summed E-state index contributed by atoms with van der Waals surface area (Å²) in [6.07, 6.45) is 3.89. The van der Waals surface area contributed by atoms with Crippen molar-refractivity contribution in [2.24, 2.45) is 23.7 Å². The number of rotatable bonds is 2. The third-order valence-corrected chi connectivity index (χ3v) is 7.04. The minimum Gasteiger partial charge on any atom is -0.457 e. The fourth-order valence-corrected chi connectivity index (χ4v) is 5.56. The maximum absolute atomic E-state index is 12.4. The van der Waals surface area contributed by atoms with Crippen molar-refractivity contribution in [2.45, 2.75) is 70.4 Å². The molecule has 2 bridgehead atoms. The van der Waals surface area contributed by atoms with Gasteiger partial charge in [0, 0.05) is 18.3 Å². The Kier molecular flexibility index (Phi) is 3.95. The lowest BCUT2D eigenvalue weighted by molar-refractivity contribution is -0.576. The van der Waals surface area contributed by atoms with Crippen LogP contribution in [-0.2, 0) is 24.0 Å². The highest BCUT2D eigenvalue weighted by Crippen LogP contribution is 2.60. The van der Waals surface area contributed by atoms with Gasteiger partial charge in [0.1, 0.15) is 0 Å². The lowest BCUT2D eigenvalue weighted by Crippen LogP contribution is -2.70. The van der Waals surface area contributed by atoms with E-state index in [1.807, 2.05) is 13.8 Å². The summed E-state index contributed by atoms with van der Waals surface area (Å²) in [7, 11) is 0. The molecule has 0 aromatic carbocycles. The van der Waals surface area contributed by atoms with E-state index in [2.05, 4.69) is 6.92 Å². The van der Waals surface area contributed by atoms with Crippen LogP contribution in [0.2, 0.25) is 0 Å². The Bertz CT molecular complexity index is 718. The van der Waals surface area contributed by atoms with Crippen LogP contribution in [0.15, 0.2) is 22.8 Å². The predicted molar refractivity (Wildman–Crippen MR) is 91.0 cm³/mol. The van der Waals surface area contributed by atoms with Gasteiger partial charge in [-0.15, -0.1) is 0 Å². The van der Waals surface area contributed by atoms with Crippen molar-refractivity contribution in [3.63, 3.8) is 0 Å². The van der Waals surface area contributed by atoms with Crippen LogP contribution in [0, 0.1) is 23.7 Å². The van der Waals surface area contributed by atoms with Crippen LogP contribution in [0.3, 0.4) is 0 Å². The van der Waals surface area contributed by atoms with Gasteiger partial charge in [-0.2, -0.15) is 0 Å². The van der Waals surface area contributed by atoms with Crippen LogP contribution >= 0.6 is 0 Å². The molecule has 27 heavy (non-hydrogen) atoms. The number of furan rings is 1. The summed E-state index contributed by atoms with van der Waals surface area (Å²) in [4.78, 5) is 24.3. The lowest BCUT2D eigenvalue weighted by Gasteiger charge is -2.59. The number of ether oxygens (including phenoxy) is 3. The first-order chi connectivity index (χ1) is 12.9. The maximum atomic E-state index is 12.4. The highest BCUT2D eigenvalue weighted by atomic mass is 17.3. The Morgan fingerprint density at radius 1 is 1.19 bits per heavy atom. The van der Waals surface area contributed by atoms with Crippen molar-refractivity contribution in [2.75, 3.05) is 0 Å². The van der Waals surface area contributed by atoms with E-state index in [9.17, 15) is 4.79 Å². The zero-order valence-electron chi connectivity index (χ0n) is 15.9. The molecule has 6 rings (SSSR count). The van der Waals surface area contributed by atoms with Gasteiger partial charge < -0.3 is 18.6 Å². The second-order valence-corrected chi connectivity index (χ2v) is 8.66. The summed E-state index contributed by atoms with van der Waals surface area (Å²) in [6, 6.07) is 3.24. The van der Waals surface area contributed by atoms with E-state index in [1.54, 1.807) is 12.1 Å². The maximum Gasteiger partial charge on any atom is 0.376 e. The van der Waals surface area contributed by atoms with E-state index in [4.69, 9.17) is 28.4 Å². The molecule has 0 amide bonds. The summed E-state index contributed by atoms with van der Waals surface area (Å²) in [5.41, 5.74) is -0.652. The molecule has 1 aromatic heterocycles. The van der Waals surface area contributed by atoms with Crippen molar-refractivity contribution in [1.82, 2.24) is 0 Å². The van der Waals surface area contributed by atoms with Gasteiger partial charge in [0.2, 0.25) is 17.8 Å². The average molecular weight is 378 g/mol. The van der Waals surface area contributed by atoms with Crippen molar-refractivity contribution < 1.29 is 33.2 Å². The fourth-order valence-electron chi connectivity index (χ4n) is 5.56. The molecule has 8 atom stereocenters. The molecule has 7 nitrogen and oxygen atoms in total. The Balaban J connectivity index is 1.47. The molecule has 5 aliphatic rings. The largest absolute Gasteiger partial charge is 0.457 e. The van der Waals surface area contributed by atoms with E-state index < -0.39 is 29.9 Å². The van der Waals surface area contributed by atoms with Crippen molar-refractivity contribution in [3.8, 4) is 0 Å². The van der Waals surface area contributed by atoms with E-state index in [0.717, 1.165) is 25.7 Å². The zero-order valence-corrected chi connectivity index (χ0v) is 15.9. The molecule has 7 heteroatoms. The van der Waals surface area contributed by atoms with E-state index in [1.165, 1.54) is 6.26 Å². The smallest absolute Gasteiger partial charge is 0.376 e. The molecular weight excluding hydrogens is 352 g/mol. The quantitative estimate of drug-likeness (QED) is 0.574. The Morgan fingerprint density at radius 3 is 2.81 bits per heavy atom. The zero-order chi connectivity index (χ0) is 18.8. The number of carbonyl (C=O) groups excluding carboxylic acids is 1. The Hall–Kier alpha value is -1.41. The van der Waals surface area contributed by atoms with Crippen LogP contribution in [-0.4, -0.2) is 29.9 Å². The molecular formula is C20H26O7. The van der Waals surface area contributed by atoms with E-state index in [0.29, 0.717) is 5.92 Å². The van der Waals surface area contributed by atoms with E-state index >= 15 is 0 Å². The average Bonchev–Trinajstić information content (AvgIpc) is 3.09. The van der Waals surface area contributed by atoms with Crippen LogP contribution in [0.25, 0.3) is 0 Å².